The van der Waals surface area contributed by atoms with E-state index in [2.05, 4.69) is 26.1 Å². The maximum absolute atomic E-state index is 5.25. The van der Waals surface area contributed by atoms with Crippen LogP contribution in [0.2, 0.25) is 0 Å². The van der Waals surface area contributed by atoms with Crippen molar-refractivity contribution in [2.24, 2.45) is 17.8 Å². The summed E-state index contributed by atoms with van der Waals surface area (Å²) in [6, 6.07) is 0.671. The van der Waals surface area contributed by atoms with Gasteiger partial charge in [-0.15, -0.1) is 0 Å². The first-order valence-corrected chi connectivity index (χ1v) is 7.41. The molecule has 1 fully saturated rings. The summed E-state index contributed by atoms with van der Waals surface area (Å²) < 4.78 is 5.25. The molecule has 0 amide bonds. The second-order valence-corrected chi connectivity index (χ2v) is 5.87. The lowest BCUT2D eigenvalue weighted by molar-refractivity contribution is 0.132. The van der Waals surface area contributed by atoms with E-state index in [0.29, 0.717) is 6.04 Å². The highest BCUT2D eigenvalue weighted by Gasteiger charge is 2.29. The van der Waals surface area contributed by atoms with Crippen molar-refractivity contribution >= 4 is 0 Å². The molecule has 0 aromatic heterocycles. The minimum absolute atomic E-state index is 0.671. The Morgan fingerprint density at radius 2 is 2.00 bits per heavy atom. The van der Waals surface area contributed by atoms with E-state index in [1.807, 2.05) is 7.11 Å². The topological polar surface area (TPSA) is 21.3 Å². The molecule has 1 aliphatic carbocycles. The number of ether oxygens (including phenoxy) is 1. The second kappa shape index (κ2) is 8.10. The van der Waals surface area contributed by atoms with Crippen LogP contribution in [0.15, 0.2) is 0 Å². The fourth-order valence-electron chi connectivity index (χ4n) is 3.03. The van der Waals surface area contributed by atoms with Crippen molar-refractivity contribution in [1.29, 1.82) is 0 Å². The lowest BCUT2D eigenvalue weighted by atomic mass is 9.72. The van der Waals surface area contributed by atoms with Crippen LogP contribution in [-0.4, -0.2) is 26.3 Å². The van der Waals surface area contributed by atoms with Crippen LogP contribution >= 0.6 is 0 Å². The first-order valence-electron chi connectivity index (χ1n) is 7.41. The molecule has 1 aliphatic rings. The van der Waals surface area contributed by atoms with Crippen molar-refractivity contribution in [3.63, 3.8) is 0 Å². The van der Waals surface area contributed by atoms with Gasteiger partial charge >= 0.3 is 0 Å². The Morgan fingerprint density at radius 3 is 2.59 bits per heavy atom. The predicted octanol–water partition coefficient (Wildman–Crippen LogP) is 3.46. The molecular weight excluding hydrogens is 210 g/mol. The number of rotatable bonds is 7. The highest BCUT2D eigenvalue weighted by Crippen LogP contribution is 2.35. The van der Waals surface area contributed by atoms with Crippen LogP contribution in [-0.2, 0) is 4.74 Å². The van der Waals surface area contributed by atoms with E-state index < -0.39 is 0 Å². The van der Waals surface area contributed by atoms with Gasteiger partial charge in [-0.25, -0.2) is 0 Å². The molecule has 0 heterocycles. The molecule has 0 bridgehead atoms. The van der Waals surface area contributed by atoms with E-state index in [4.69, 9.17) is 4.74 Å². The molecule has 0 aliphatic heterocycles. The minimum atomic E-state index is 0.671. The van der Waals surface area contributed by atoms with Crippen molar-refractivity contribution in [2.75, 3.05) is 20.3 Å². The predicted molar refractivity (Wildman–Crippen MR) is 74.2 cm³/mol. The zero-order valence-electron chi connectivity index (χ0n) is 12.2. The Kier molecular flexibility index (Phi) is 7.14. The van der Waals surface area contributed by atoms with Gasteiger partial charge in [0.1, 0.15) is 0 Å². The Balaban J connectivity index is 2.44. The van der Waals surface area contributed by atoms with Crippen molar-refractivity contribution in [3.8, 4) is 0 Å². The molecule has 0 radical (unpaired) electrons. The van der Waals surface area contributed by atoms with Crippen molar-refractivity contribution in [1.82, 2.24) is 5.32 Å². The van der Waals surface area contributed by atoms with Gasteiger partial charge in [-0.3, -0.25) is 0 Å². The van der Waals surface area contributed by atoms with Gasteiger partial charge in [0.2, 0.25) is 0 Å². The summed E-state index contributed by atoms with van der Waals surface area (Å²) in [7, 11) is 1.81. The summed E-state index contributed by atoms with van der Waals surface area (Å²) in [5.74, 6) is 2.67. The molecule has 1 N–H and O–H groups in total. The van der Waals surface area contributed by atoms with Gasteiger partial charge in [-0.2, -0.15) is 0 Å². The van der Waals surface area contributed by atoms with Crippen LogP contribution in [0.25, 0.3) is 0 Å². The third kappa shape index (κ3) is 4.97. The lowest BCUT2D eigenvalue weighted by Crippen LogP contribution is -2.40. The molecule has 2 nitrogen and oxygen atoms in total. The van der Waals surface area contributed by atoms with E-state index in [1.54, 1.807) is 0 Å². The third-order valence-corrected chi connectivity index (χ3v) is 4.50. The molecule has 0 saturated heterocycles. The Bertz CT molecular complexity index is 187. The average Bonchev–Trinajstić information content (AvgIpc) is 2.33. The fourth-order valence-corrected chi connectivity index (χ4v) is 3.03. The number of hydrogen-bond donors (Lipinski definition) is 1. The summed E-state index contributed by atoms with van der Waals surface area (Å²) in [4.78, 5) is 0. The SMILES string of the molecule is CCCNC(CCOC)C1CCC(C)C(C)C1. The van der Waals surface area contributed by atoms with Crippen molar-refractivity contribution < 1.29 is 4.74 Å². The quantitative estimate of drug-likeness (QED) is 0.737. The monoisotopic (exact) mass is 241 g/mol. The van der Waals surface area contributed by atoms with Gasteiger partial charge in [0.15, 0.2) is 0 Å². The maximum Gasteiger partial charge on any atom is 0.0477 e. The molecule has 4 unspecified atom stereocenters. The molecule has 0 aromatic carbocycles. The largest absolute Gasteiger partial charge is 0.385 e. The van der Waals surface area contributed by atoms with E-state index in [9.17, 15) is 0 Å². The van der Waals surface area contributed by atoms with Gasteiger partial charge in [-0.1, -0.05) is 27.2 Å². The van der Waals surface area contributed by atoms with Crippen LogP contribution in [0.4, 0.5) is 0 Å². The molecule has 1 rings (SSSR count). The normalized spacial score (nSPS) is 31.4. The van der Waals surface area contributed by atoms with Gasteiger partial charge in [0.05, 0.1) is 0 Å². The summed E-state index contributed by atoms with van der Waals surface area (Å²) >= 11 is 0. The molecule has 4 atom stereocenters. The Hall–Kier alpha value is -0.0800. The molecule has 17 heavy (non-hydrogen) atoms. The van der Waals surface area contributed by atoms with E-state index in [1.165, 1.54) is 32.1 Å². The van der Waals surface area contributed by atoms with Crippen LogP contribution in [0.3, 0.4) is 0 Å². The number of nitrogens with one attached hydrogen (secondary N) is 1. The van der Waals surface area contributed by atoms with E-state index in [0.717, 1.165) is 30.9 Å². The molecule has 2 heteroatoms. The Labute approximate surface area is 108 Å². The van der Waals surface area contributed by atoms with Gasteiger partial charge < -0.3 is 10.1 Å². The van der Waals surface area contributed by atoms with Gasteiger partial charge in [0, 0.05) is 19.8 Å². The average molecular weight is 241 g/mol. The molecule has 1 saturated carbocycles. The van der Waals surface area contributed by atoms with E-state index >= 15 is 0 Å². The van der Waals surface area contributed by atoms with E-state index in [-0.39, 0.29) is 0 Å². The first kappa shape index (κ1) is 15.0. The smallest absolute Gasteiger partial charge is 0.0477 e. The summed E-state index contributed by atoms with van der Waals surface area (Å²) in [6.45, 7) is 9.11. The van der Waals surface area contributed by atoms with Gasteiger partial charge in [-0.05, 0) is 50.0 Å². The van der Waals surface area contributed by atoms with Crippen LogP contribution in [0.5, 0.6) is 0 Å². The van der Waals surface area contributed by atoms with Crippen molar-refractivity contribution in [3.05, 3.63) is 0 Å². The fraction of sp³-hybridized carbons (Fsp3) is 1.00. The van der Waals surface area contributed by atoms with Gasteiger partial charge in [0.25, 0.3) is 0 Å². The van der Waals surface area contributed by atoms with Crippen LogP contribution in [0.1, 0.15) is 52.9 Å². The molecule has 0 aromatic rings. The second-order valence-electron chi connectivity index (χ2n) is 5.87. The zero-order chi connectivity index (χ0) is 12.7. The maximum atomic E-state index is 5.25. The summed E-state index contributed by atoms with van der Waals surface area (Å²) in [5.41, 5.74) is 0. The molecule has 0 spiro atoms. The number of hydrogen-bond acceptors (Lipinski definition) is 2. The van der Waals surface area contributed by atoms with Crippen molar-refractivity contribution in [2.45, 2.75) is 58.9 Å². The highest BCUT2D eigenvalue weighted by molar-refractivity contribution is 4.83. The minimum Gasteiger partial charge on any atom is -0.385 e. The highest BCUT2D eigenvalue weighted by atomic mass is 16.5. The zero-order valence-corrected chi connectivity index (χ0v) is 12.2. The lowest BCUT2D eigenvalue weighted by Gasteiger charge is -2.37. The standard InChI is InChI=1S/C15H31NO/c1-5-9-16-15(8-10-17-4)14-7-6-12(2)13(3)11-14/h12-16H,5-11H2,1-4H3. The first-order chi connectivity index (χ1) is 8.19. The summed E-state index contributed by atoms with van der Waals surface area (Å²) in [6.07, 6.45) is 6.59. The molecular formula is C15H31NO. The Morgan fingerprint density at radius 1 is 1.24 bits per heavy atom. The van der Waals surface area contributed by atoms with Crippen LogP contribution < -0.4 is 5.32 Å². The third-order valence-electron chi connectivity index (χ3n) is 4.50. The summed E-state index contributed by atoms with van der Waals surface area (Å²) in [5, 5.41) is 3.73. The number of methoxy groups -OCH3 is 1. The molecule has 102 valence electrons. The van der Waals surface area contributed by atoms with Crippen LogP contribution in [0, 0.1) is 17.8 Å².